The van der Waals surface area contributed by atoms with Crippen molar-refractivity contribution in [1.82, 2.24) is 4.90 Å². The molecular weight excluding hydrogens is 282 g/mol. The first-order chi connectivity index (χ1) is 9.81. The number of thiocarbonyl (C=S) groups is 1. The summed E-state index contributed by atoms with van der Waals surface area (Å²) in [6.07, 6.45) is 1.06. The minimum absolute atomic E-state index is 0.0585. The van der Waals surface area contributed by atoms with Gasteiger partial charge in [-0.2, -0.15) is 0 Å². The van der Waals surface area contributed by atoms with Gasteiger partial charge >= 0.3 is 0 Å². The summed E-state index contributed by atoms with van der Waals surface area (Å²) in [5.41, 5.74) is 7.02. The van der Waals surface area contributed by atoms with E-state index >= 15 is 0 Å². The Labute approximate surface area is 132 Å². The third-order valence-electron chi connectivity index (χ3n) is 3.42. The standard InChI is InChI=1S/C16H25N3OS/c1-11(2)9-12(3)19(4)10-15(20)18-14-8-6-5-7-13(14)16(17)21/h5-8,11-12H,9-10H2,1-4H3,(H2,17,21)(H,18,20). The summed E-state index contributed by atoms with van der Waals surface area (Å²) < 4.78 is 0. The van der Waals surface area contributed by atoms with E-state index in [1.54, 1.807) is 0 Å². The molecule has 0 aliphatic heterocycles. The van der Waals surface area contributed by atoms with Gasteiger partial charge in [0.25, 0.3) is 0 Å². The lowest BCUT2D eigenvalue weighted by Crippen LogP contribution is -2.37. The van der Waals surface area contributed by atoms with Crippen molar-refractivity contribution in [3.05, 3.63) is 29.8 Å². The number of rotatable bonds is 7. The van der Waals surface area contributed by atoms with Crippen LogP contribution in [0.5, 0.6) is 0 Å². The molecule has 4 nitrogen and oxygen atoms in total. The summed E-state index contributed by atoms with van der Waals surface area (Å²) in [6, 6.07) is 7.68. The fourth-order valence-corrected chi connectivity index (χ4v) is 2.42. The molecule has 1 aromatic carbocycles. The van der Waals surface area contributed by atoms with Crippen LogP contribution >= 0.6 is 12.2 Å². The summed E-state index contributed by atoms with van der Waals surface area (Å²) in [5, 5.41) is 2.88. The average Bonchev–Trinajstić information content (AvgIpc) is 2.37. The maximum absolute atomic E-state index is 12.2. The molecule has 0 aliphatic carbocycles. The number of carbonyl (C=O) groups is 1. The number of amides is 1. The quantitative estimate of drug-likeness (QED) is 0.760. The molecule has 3 N–H and O–H groups in total. The lowest BCUT2D eigenvalue weighted by molar-refractivity contribution is -0.117. The molecule has 1 amide bonds. The summed E-state index contributed by atoms with van der Waals surface area (Å²) >= 11 is 5.00. The number of nitrogens with one attached hydrogen (secondary N) is 1. The molecule has 1 rings (SSSR count). The highest BCUT2D eigenvalue weighted by Gasteiger charge is 2.15. The highest BCUT2D eigenvalue weighted by molar-refractivity contribution is 7.80. The van der Waals surface area contributed by atoms with Gasteiger partial charge in [-0.3, -0.25) is 9.69 Å². The van der Waals surface area contributed by atoms with Gasteiger partial charge in [0.1, 0.15) is 4.99 Å². The van der Waals surface area contributed by atoms with Crippen molar-refractivity contribution < 1.29 is 4.79 Å². The van der Waals surface area contributed by atoms with Gasteiger partial charge in [-0.05, 0) is 38.4 Å². The lowest BCUT2D eigenvalue weighted by Gasteiger charge is -2.25. The maximum atomic E-state index is 12.2. The summed E-state index contributed by atoms with van der Waals surface area (Å²) in [6.45, 7) is 6.85. The molecule has 0 aromatic heterocycles. The van der Waals surface area contributed by atoms with Crippen LogP contribution in [-0.4, -0.2) is 35.4 Å². The van der Waals surface area contributed by atoms with Crippen LogP contribution in [0.2, 0.25) is 0 Å². The first-order valence-electron chi connectivity index (χ1n) is 7.20. The number of anilines is 1. The molecule has 116 valence electrons. The Morgan fingerprint density at radius 2 is 1.95 bits per heavy atom. The smallest absolute Gasteiger partial charge is 0.238 e. The van der Waals surface area contributed by atoms with Crippen LogP contribution < -0.4 is 11.1 Å². The molecular formula is C16H25N3OS. The van der Waals surface area contributed by atoms with Crippen LogP contribution in [0.4, 0.5) is 5.69 Å². The van der Waals surface area contributed by atoms with E-state index in [0.29, 0.717) is 29.8 Å². The van der Waals surface area contributed by atoms with Crippen molar-refractivity contribution in [2.45, 2.75) is 33.2 Å². The molecule has 21 heavy (non-hydrogen) atoms. The Morgan fingerprint density at radius 3 is 2.52 bits per heavy atom. The highest BCUT2D eigenvalue weighted by atomic mass is 32.1. The zero-order chi connectivity index (χ0) is 16.0. The van der Waals surface area contributed by atoms with Crippen LogP contribution in [0.25, 0.3) is 0 Å². The van der Waals surface area contributed by atoms with E-state index in [1.165, 1.54) is 0 Å². The van der Waals surface area contributed by atoms with Gasteiger partial charge < -0.3 is 11.1 Å². The van der Waals surface area contributed by atoms with Crippen molar-refractivity contribution in [2.24, 2.45) is 11.7 Å². The largest absolute Gasteiger partial charge is 0.389 e. The van der Waals surface area contributed by atoms with Gasteiger partial charge in [0.05, 0.1) is 12.2 Å². The zero-order valence-electron chi connectivity index (χ0n) is 13.2. The van der Waals surface area contributed by atoms with Gasteiger partial charge in [-0.25, -0.2) is 0 Å². The fourth-order valence-electron chi connectivity index (χ4n) is 2.24. The number of benzene rings is 1. The molecule has 1 aromatic rings. The molecule has 0 saturated heterocycles. The Bertz CT molecular complexity index is 502. The van der Waals surface area contributed by atoms with Crippen LogP contribution in [0.1, 0.15) is 32.8 Å². The van der Waals surface area contributed by atoms with Crippen LogP contribution in [0, 0.1) is 5.92 Å². The molecule has 0 bridgehead atoms. The van der Waals surface area contributed by atoms with Crippen molar-refractivity contribution in [1.29, 1.82) is 0 Å². The molecule has 0 saturated carbocycles. The van der Waals surface area contributed by atoms with E-state index in [-0.39, 0.29) is 10.9 Å². The minimum Gasteiger partial charge on any atom is -0.389 e. The van der Waals surface area contributed by atoms with Crippen LogP contribution in [0.3, 0.4) is 0 Å². The van der Waals surface area contributed by atoms with Crippen molar-refractivity contribution in [3.8, 4) is 0 Å². The lowest BCUT2D eigenvalue weighted by atomic mass is 10.0. The Balaban J connectivity index is 2.64. The summed E-state index contributed by atoms with van der Waals surface area (Å²) in [7, 11) is 1.96. The number of para-hydroxylation sites is 1. The predicted octanol–water partition coefficient (Wildman–Crippen LogP) is 2.63. The number of carbonyl (C=O) groups excluding carboxylic acids is 1. The van der Waals surface area contributed by atoms with Crippen molar-refractivity contribution in [3.63, 3.8) is 0 Å². The second-order valence-electron chi connectivity index (χ2n) is 5.85. The summed E-state index contributed by atoms with van der Waals surface area (Å²) in [5.74, 6) is 0.553. The van der Waals surface area contributed by atoms with E-state index in [1.807, 2.05) is 31.3 Å². The van der Waals surface area contributed by atoms with Crippen LogP contribution in [0.15, 0.2) is 24.3 Å². The average molecular weight is 307 g/mol. The monoisotopic (exact) mass is 307 g/mol. The second-order valence-corrected chi connectivity index (χ2v) is 6.29. The topological polar surface area (TPSA) is 58.4 Å². The number of nitrogens with two attached hydrogens (primary N) is 1. The Kier molecular flexibility index (Phi) is 6.78. The second kappa shape index (κ2) is 8.10. The number of hydrogen-bond acceptors (Lipinski definition) is 3. The normalized spacial score (nSPS) is 12.5. The maximum Gasteiger partial charge on any atom is 0.238 e. The van der Waals surface area contributed by atoms with Gasteiger partial charge in [0.2, 0.25) is 5.91 Å². The first-order valence-corrected chi connectivity index (χ1v) is 7.61. The zero-order valence-corrected chi connectivity index (χ0v) is 14.0. The third kappa shape index (κ3) is 5.81. The minimum atomic E-state index is -0.0585. The van der Waals surface area contributed by atoms with E-state index in [4.69, 9.17) is 18.0 Å². The Morgan fingerprint density at radius 1 is 1.33 bits per heavy atom. The van der Waals surface area contributed by atoms with E-state index in [0.717, 1.165) is 6.42 Å². The Hall–Kier alpha value is -1.46. The fraction of sp³-hybridized carbons (Fsp3) is 0.500. The van der Waals surface area contributed by atoms with Gasteiger partial charge in [0, 0.05) is 11.6 Å². The first kappa shape index (κ1) is 17.6. The van der Waals surface area contributed by atoms with Crippen LogP contribution in [-0.2, 0) is 4.79 Å². The van der Waals surface area contributed by atoms with E-state index in [2.05, 4.69) is 31.0 Å². The number of likely N-dealkylation sites (N-methyl/N-ethyl adjacent to an activating group) is 1. The molecule has 0 fully saturated rings. The number of nitrogens with zero attached hydrogens (tertiary/aromatic N) is 1. The highest BCUT2D eigenvalue weighted by Crippen LogP contribution is 2.15. The molecule has 1 unspecified atom stereocenters. The van der Waals surface area contributed by atoms with Gasteiger partial charge in [0.15, 0.2) is 0 Å². The number of hydrogen-bond donors (Lipinski definition) is 2. The van der Waals surface area contributed by atoms with Gasteiger partial charge in [-0.15, -0.1) is 0 Å². The third-order valence-corrected chi connectivity index (χ3v) is 3.64. The molecule has 0 radical (unpaired) electrons. The van der Waals surface area contributed by atoms with E-state index in [9.17, 15) is 4.79 Å². The molecule has 0 spiro atoms. The van der Waals surface area contributed by atoms with Crippen molar-refractivity contribution in [2.75, 3.05) is 18.9 Å². The predicted molar refractivity (Wildman–Crippen MR) is 92.5 cm³/mol. The SMILES string of the molecule is CC(C)CC(C)N(C)CC(=O)Nc1ccccc1C(N)=S. The molecule has 1 atom stereocenters. The summed E-state index contributed by atoms with van der Waals surface area (Å²) in [4.78, 5) is 14.5. The van der Waals surface area contributed by atoms with Gasteiger partial charge in [-0.1, -0.05) is 38.2 Å². The molecule has 0 heterocycles. The van der Waals surface area contributed by atoms with E-state index < -0.39 is 0 Å². The molecule has 5 heteroatoms. The van der Waals surface area contributed by atoms with Crippen molar-refractivity contribution >= 4 is 28.8 Å². The molecule has 0 aliphatic rings.